The molecule has 3 saturated carbocycles. The molecule has 0 unspecified atom stereocenters. The fourth-order valence-electron chi connectivity index (χ4n) is 7.57. The number of rotatable bonds is 6. The van der Waals surface area contributed by atoms with Crippen LogP contribution in [0.3, 0.4) is 0 Å². The molecule has 4 aliphatic rings. The highest BCUT2D eigenvalue weighted by molar-refractivity contribution is 6.01. The average molecular weight is 460 g/mol. The van der Waals surface area contributed by atoms with E-state index >= 15 is 0 Å². The van der Waals surface area contributed by atoms with Gasteiger partial charge in [-0.15, -0.1) is 0 Å². The standard InChI is InChI=1S/C25H32O8/c1-23-9-7-15(27)11-14(23)3-4-16-17-8-10-25(19(29)13-26,33-21(32)6-5-20(30)31)24(17,2)12-18(28)22(16)23/h7,9,11,16-18,22,26,28H,3-6,8,10,12-13H2,1-2H3,(H,30,31)/p-1/t16-,17-,18-,22+,23-,24-,25-/m0/s1. The van der Waals surface area contributed by atoms with E-state index in [4.69, 9.17) is 4.74 Å². The van der Waals surface area contributed by atoms with Gasteiger partial charge in [0.2, 0.25) is 5.78 Å². The van der Waals surface area contributed by atoms with Crippen LogP contribution in [0.4, 0.5) is 0 Å². The molecular weight excluding hydrogens is 428 g/mol. The van der Waals surface area contributed by atoms with Crippen LogP contribution in [0.25, 0.3) is 0 Å². The number of ether oxygens (including phenoxy) is 1. The van der Waals surface area contributed by atoms with E-state index in [0.29, 0.717) is 12.8 Å². The Morgan fingerprint density at radius 2 is 1.94 bits per heavy atom. The maximum absolute atomic E-state index is 13.1. The molecule has 4 aliphatic carbocycles. The van der Waals surface area contributed by atoms with E-state index in [1.54, 1.807) is 12.2 Å². The molecule has 7 atom stereocenters. The van der Waals surface area contributed by atoms with E-state index < -0.39 is 59.7 Å². The van der Waals surface area contributed by atoms with Gasteiger partial charge in [0.05, 0.1) is 12.5 Å². The molecule has 0 heterocycles. The van der Waals surface area contributed by atoms with E-state index in [-0.39, 0.29) is 36.4 Å². The Bertz CT molecular complexity index is 950. The Morgan fingerprint density at radius 1 is 1.21 bits per heavy atom. The molecule has 8 heteroatoms. The fraction of sp³-hybridized carbons (Fsp3) is 0.680. The van der Waals surface area contributed by atoms with Crippen molar-refractivity contribution in [3.05, 3.63) is 23.8 Å². The van der Waals surface area contributed by atoms with Crippen molar-refractivity contribution >= 4 is 23.5 Å². The molecule has 8 nitrogen and oxygen atoms in total. The Kier molecular flexibility index (Phi) is 5.90. The van der Waals surface area contributed by atoms with Gasteiger partial charge in [-0.1, -0.05) is 25.5 Å². The van der Waals surface area contributed by atoms with Crippen LogP contribution in [0.15, 0.2) is 23.8 Å². The molecule has 0 spiro atoms. The van der Waals surface area contributed by atoms with Gasteiger partial charge >= 0.3 is 5.97 Å². The van der Waals surface area contributed by atoms with Crippen molar-refractivity contribution in [2.75, 3.05) is 6.61 Å². The van der Waals surface area contributed by atoms with Crippen molar-refractivity contribution in [3.63, 3.8) is 0 Å². The molecule has 0 amide bonds. The molecule has 2 N–H and O–H groups in total. The number of aliphatic hydroxyl groups is 2. The molecule has 180 valence electrons. The minimum atomic E-state index is -1.61. The maximum Gasteiger partial charge on any atom is 0.307 e. The average Bonchev–Trinajstić information content (AvgIpc) is 3.04. The second-order valence-corrected chi connectivity index (χ2v) is 10.5. The molecule has 4 rings (SSSR count). The molecule has 0 aromatic rings. The molecule has 0 radical (unpaired) electrons. The van der Waals surface area contributed by atoms with Crippen molar-refractivity contribution in [2.24, 2.45) is 28.6 Å². The predicted molar refractivity (Wildman–Crippen MR) is 113 cm³/mol. The van der Waals surface area contributed by atoms with Gasteiger partial charge in [0.1, 0.15) is 6.61 Å². The van der Waals surface area contributed by atoms with E-state index in [9.17, 15) is 34.5 Å². The summed E-state index contributed by atoms with van der Waals surface area (Å²) in [5.41, 5.74) is -1.97. The van der Waals surface area contributed by atoms with Gasteiger partial charge in [-0.2, -0.15) is 0 Å². The van der Waals surface area contributed by atoms with E-state index in [1.807, 2.05) is 19.9 Å². The normalized spacial score (nSPS) is 41.5. The molecule has 0 aromatic carbocycles. The smallest absolute Gasteiger partial charge is 0.307 e. The summed E-state index contributed by atoms with van der Waals surface area (Å²) >= 11 is 0. The van der Waals surface area contributed by atoms with Crippen LogP contribution < -0.4 is 5.11 Å². The number of carboxylic acids is 1. The van der Waals surface area contributed by atoms with Gasteiger partial charge in [0.25, 0.3) is 0 Å². The summed E-state index contributed by atoms with van der Waals surface area (Å²) in [6.07, 6.45) is 5.81. The number of aliphatic hydroxyl groups excluding tert-OH is 2. The second-order valence-electron chi connectivity index (χ2n) is 10.5. The number of aliphatic carboxylic acids is 1. The lowest BCUT2D eigenvalue weighted by atomic mass is 9.46. The summed E-state index contributed by atoms with van der Waals surface area (Å²) in [4.78, 5) is 48.3. The third-order valence-electron chi connectivity index (χ3n) is 9.03. The van der Waals surface area contributed by atoms with Gasteiger partial charge in [-0.3, -0.25) is 14.4 Å². The molecule has 0 aromatic heterocycles. The predicted octanol–water partition coefficient (Wildman–Crippen LogP) is 0.639. The Balaban J connectivity index is 1.69. The zero-order valence-corrected chi connectivity index (χ0v) is 19.0. The van der Waals surface area contributed by atoms with Crippen LogP contribution >= 0.6 is 0 Å². The molecule has 3 fully saturated rings. The summed E-state index contributed by atoms with van der Waals surface area (Å²) in [5, 5.41) is 32.0. The van der Waals surface area contributed by atoms with Crippen LogP contribution in [0.2, 0.25) is 0 Å². The number of carbonyl (C=O) groups is 4. The molecular formula is C25H31O8-. The first kappa shape index (κ1) is 23.8. The third-order valence-corrected chi connectivity index (χ3v) is 9.03. The topological polar surface area (TPSA) is 141 Å². The van der Waals surface area contributed by atoms with Crippen LogP contribution in [-0.4, -0.2) is 52.0 Å². The Hall–Kier alpha value is -2.32. The first-order chi connectivity index (χ1) is 15.5. The van der Waals surface area contributed by atoms with Crippen molar-refractivity contribution < 1.29 is 39.2 Å². The number of allylic oxidation sites excluding steroid dienone is 4. The van der Waals surface area contributed by atoms with Crippen molar-refractivity contribution in [1.29, 1.82) is 0 Å². The summed E-state index contributed by atoms with van der Waals surface area (Å²) < 4.78 is 5.73. The lowest BCUT2D eigenvalue weighted by Gasteiger charge is -2.59. The summed E-state index contributed by atoms with van der Waals surface area (Å²) in [5.74, 6) is -3.03. The number of esters is 1. The van der Waals surface area contributed by atoms with Gasteiger partial charge in [-0.25, -0.2) is 0 Å². The number of hydrogen-bond donors (Lipinski definition) is 2. The van der Waals surface area contributed by atoms with Crippen LogP contribution in [0.1, 0.15) is 58.8 Å². The molecule has 0 aliphatic heterocycles. The SMILES string of the molecule is C[C@]12C=CC(=O)C=C1CC[C@@H]1[C@@H]2[C@@H](O)C[C@@]2(C)[C@H]1CC[C@]2(OC(=O)CCC(=O)[O-])C(=O)CO. The van der Waals surface area contributed by atoms with E-state index in [2.05, 4.69) is 0 Å². The molecule has 0 bridgehead atoms. The minimum absolute atomic E-state index is 0.0361. The highest BCUT2D eigenvalue weighted by atomic mass is 16.6. The number of hydrogen-bond acceptors (Lipinski definition) is 8. The van der Waals surface area contributed by atoms with Crippen LogP contribution in [0.5, 0.6) is 0 Å². The number of fused-ring (bicyclic) bond motifs is 5. The maximum atomic E-state index is 13.1. The van der Waals surface area contributed by atoms with Gasteiger partial charge < -0.3 is 24.9 Å². The minimum Gasteiger partial charge on any atom is -0.550 e. The summed E-state index contributed by atoms with van der Waals surface area (Å²) in [7, 11) is 0. The third kappa shape index (κ3) is 3.49. The first-order valence-corrected chi connectivity index (χ1v) is 11.7. The second kappa shape index (κ2) is 8.17. The lowest BCUT2D eigenvalue weighted by molar-refractivity contribution is -0.305. The number of ketones is 2. The van der Waals surface area contributed by atoms with Crippen LogP contribution in [-0.2, 0) is 23.9 Å². The van der Waals surface area contributed by atoms with E-state index in [1.165, 1.54) is 0 Å². The molecule has 0 saturated heterocycles. The zero-order chi connectivity index (χ0) is 24.2. The summed E-state index contributed by atoms with van der Waals surface area (Å²) in [6, 6.07) is 0. The summed E-state index contributed by atoms with van der Waals surface area (Å²) in [6.45, 7) is 3.08. The van der Waals surface area contributed by atoms with Gasteiger partial charge in [0, 0.05) is 22.7 Å². The highest BCUT2D eigenvalue weighted by Crippen LogP contribution is 2.67. The van der Waals surface area contributed by atoms with E-state index in [0.717, 1.165) is 12.0 Å². The zero-order valence-electron chi connectivity index (χ0n) is 19.0. The Labute approximate surface area is 192 Å². The first-order valence-electron chi connectivity index (χ1n) is 11.7. The monoisotopic (exact) mass is 459 g/mol. The Morgan fingerprint density at radius 3 is 2.61 bits per heavy atom. The number of carboxylic acid groups (broad SMARTS) is 1. The highest BCUT2D eigenvalue weighted by Gasteiger charge is 2.70. The van der Waals surface area contributed by atoms with Crippen LogP contribution in [0, 0.1) is 28.6 Å². The quantitative estimate of drug-likeness (QED) is 0.551. The van der Waals surface area contributed by atoms with Crippen molar-refractivity contribution in [3.8, 4) is 0 Å². The largest absolute Gasteiger partial charge is 0.550 e. The van der Waals surface area contributed by atoms with Gasteiger partial charge in [0.15, 0.2) is 11.4 Å². The van der Waals surface area contributed by atoms with Crippen molar-refractivity contribution in [1.82, 2.24) is 0 Å². The number of Topliss-reactive ketones (excluding diaryl/α,β-unsaturated/α-hetero) is 1. The fourth-order valence-corrected chi connectivity index (χ4v) is 7.57. The van der Waals surface area contributed by atoms with Crippen molar-refractivity contribution in [2.45, 2.75) is 70.5 Å². The molecule has 33 heavy (non-hydrogen) atoms. The lowest BCUT2D eigenvalue weighted by Crippen LogP contribution is -2.63. The van der Waals surface area contributed by atoms with Gasteiger partial charge in [-0.05, 0) is 62.5 Å². The number of carbonyl (C=O) groups excluding carboxylic acids is 4.